The van der Waals surface area contributed by atoms with Crippen molar-refractivity contribution in [3.63, 3.8) is 0 Å². The van der Waals surface area contributed by atoms with E-state index in [0.29, 0.717) is 13.0 Å². The fourth-order valence-electron chi connectivity index (χ4n) is 0.632. The summed E-state index contributed by atoms with van der Waals surface area (Å²) in [4.78, 5) is 10.1. The maximum absolute atomic E-state index is 10.1. The Kier molecular flexibility index (Phi) is 24.1. The van der Waals surface area contributed by atoms with E-state index in [4.69, 9.17) is 16.6 Å². The molecule has 0 rings (SSSR count). The number of carboxylic acids is 1. The monoisotopic (exact) mass is 206 g/mol. The largest absolute Gasteiger partial charge is 0.480 e. The van der Waals surface area contributed by atoms with Crippen molar-refractivity contribution in [2.45, 2.75) is 25.3 Å². The lowest BCUT2D eigenvalue weighted by Gasteiger charge is -2.03. The molecule has 13 heavy (non-hydrogen) atoms. The van der Waals surface area contributed by atoms with Gasteiger partial charge in [0.1, 0.15) is 6.04 Å². The van der Waals surface area contributed by atoms with Gasteiger partial charge in [0.25, 0.3) is 0 Å². The molecule has 0 aromatic carbocycles. The number of hydrogen-bond acceptors (Lipinski definition) is 3. The zero-order valence-electron chi connectivity index (χ0n) is 7.14. The van der Waals surface area contributed by atoms with Crippen LogP contribution in [0.25, 0.3) is 0 Å². The molecule has 0 aliphatic rings. The fourth-order valence-corrected chi connectivity index (χ4v) is 0.632. The third-order valence-electron chi connectivity index (χ3n) is 1.29. The molecular formula is C6H17F3N2O2. The molecule has 84 valence electrons. The summed E-state index contributed by atoms with van der Waals surface area (Å²) in [5.41, 5.74) is 10.4. The molecule has 5 N–H and O–H groups in total. The second kappa shape index (κ2) is 13.7. The Morgan fingerprint density at radius 3 is 2.00 bits per heavy atom. The lowest BCUT2D eigenvalue weighted by Crippen LogP contribution is -2.29. The maximum Gasteiger partial charge on any atom is 0.320 e. The van der Waals surface area contributed by atoms with Crippen LogP contribution in [-0.2, 0) is 4.79 Å². The lowest BCUT2D eigenvalue weighted by atomic mass is 10.1. The van der Waals surface area contributed by atoms with Crippen molar-refractivity contribution in [1.82, 2.24) is 0 Å². The van der Waals surface area contributed by atoms with Crippen LogP contribution in [0.5, 0.6) is 0 Å². The molecule has 0 unspecified atom stereocenters. The minimum atomic E-state index is -0.933. The summed E-state index contributed by atoms with van der Waals surface area (Å²) in [7, 11) is 0. The van der Waals surface area contributed by atoms with Crippen LogP contribution >= 0.6 is 0 Å². The van der Waals surface area contributed by atoms with Gasteiger partial charge in [-0.05, 0) is 19.4 Å². The summed E-state index contributed by atoms with van der Waals surface area (Å²) < 4.78 is 0. The first-order valence-corrected chi connectivity index (χ1v) is 3.37. The number of aliphatic carboxylic acids is 1. The van der Waals surface area contributed by atoms with Gasteiger partial charge in [-0.25, -0.2) is 0 Å². The van der Waals surface area contributed by atoms with Crippen molar-refractivity contribution in [2.75, 3.05) is 6.54 Å². The molecule has 0 amide bonds. The number of unbranched alkanes of at least 4 members (excludes halogenated alkanes) is 1. The predicted molar refractivity (Wildman–Crippen MR) is 46.0 cm³/mol. The third-order valence-corrected chi connectivity index (χ3v) is 1.29. The fraction of sp³-hybridized carbons (Fsp3) is 0.833. The Morgan fingerprint density at radius 1 is 1.23 bits per heavy atom. The molecule has 0 bridgehead atoms. The van der Waals surface area contributed by atoms with E-state index in [1.807, 2.05) is 0 Å². The molecular weight excluding hydrogens is 189 g/mol. The van der Waals surface area contributed by atoms with Crippen molar-refractivity contribution >= 4 is 5.97 Å². The highest BCUT2D eigenvalue weighted by Gasteiger charge is 2.09. The average Bonchev–Trinajstić information content (AvgIpc) is 1.88. The van der Waals surface area contributed by atoms with Gasteiger partial charge in [-0.2, -0.15) is 0 Å². The van der Waals surface area contributed by atoms with E-state index in [-0.39, 0.29) is 14.1 Å². The van der Waals surface area contributed by atoms with E-state index in [2.05, 4.69) is 0 Å². The van der Waals surface area contributed by atoms with E-state index in [1.165, 1.54) is 0 Å². The number of carbonyl (C=O) groups is 1. The van der Waals surface area contributed by atoms with E-state index in [0.717, 1.165) is 12.8 Å². The molecule has 0 radical (unpaired) electrons. The molecule has 0 aromatic rings. The Bertz CT molecular complexity index is 116. The Hall–Kier alpha value is -0.820. The SMILES string of the molecule is F.F.F.NCCCC[C@H](N)C(=O)O. The smallest absolute Gasteiger partial charge is 0.320 e. The highest BCUT2D eigenvalue weighted by atomic mass is 19.0. The van der Waals surface area contributed by atoms with Gasteiger partial charge >= 0.3 is 5.97 Å². The minimum Gasteiger partial charge on any atom is -0.480 e. The summed E-state index contributed by atoms with van der Waals surface area (Å²) in [5, 5.41) is 8.33. The zero-order chi connectivity index (χ0) is 7.98. The summed E-state index contributed by atoms with van der Waals surface area (Å²) >= 11 is 0. The molecule has 0 fully saturated rings. The second-order valence-corrected chi connectivity index (χ2v) is 2.23. The number of halogens is 3. The van der Waals surface area contributed by atoms with Crippen LogP contribution in [0, 0.1) is 0 Å². The molecule has 1 atom stereocenters. The van der Waals surface area contributed by atoms with Crippen LogP contribution in [0.3, 0.4) is 0 Å². The molecule has 0 spiro atoms. The van der Waals surface area contributed by atoms with E-state index in [9.17, 15) is 4.79 Å². The summed E-state index contributed by atoms with van der Waals surface area (Å²) in [6.07, 6.45) is 2.16. The Labute approximate surface area is 74.4 Å². The van der Waals surface area contributed by atoms with E-state index < -0.39 is 12.0 Å². The van der Waals surface area contributed by atoms with Crippen LogP contribution in [0.4, 0.5) is 14.1 Å². The minimum absolute atomic E-state index is 0. The molecule has 0 saturated carbocycles. The van der Waals surface area contributed by atoms with Crippen molar-refractivity contribution in [3.05, 3.63) is 0 Å². The van der Waals surface area contributed by atoms with Crippen LogP contribution in [-0.4, -0.2) is 23.7 Å². The van der Waals surface area contributed by atoms with Gasteiger partial charge in [-0.3, -0.25) is 18.9 Å². The van der Waals surface area contributed by atoms with E-state index in [1.54, 1.807) is 0 Å². The highest BCUT2D eigenvalue weighted by Crippen LogP contribution is 1.96. The van der Waals surface area contributed by atoms with Gasteiger partial charge in [-0.15, -0.1) is 0 Å². The van der Waals surface area contributed by atoms with Crippen LogP contribution in [0.2, 0.25) is 0 Å². The highest BCUT2D eigenvalue weighted by molar-refractivity contribution is 5.72. The molecule has 7 heteroatoms. The molecule has 4 nitrogen and oxygen atoms in total. The molecule has 0 aliphatic carbocycles. The average molecular weight is 206 g/mol. The van der Waals surface area contributed by atoms with Crippen molar-refractivity contribution < 1.29 is 24.0 Å². The summed E-state index contributed by atoms with van der Waals surface area (Å²) in [5.74, 6) is -0.933. The first-order valence-electron chi connectivity index (χ1n) is 3.37. The quantitative estimate of drug-likeness (QED) is 0.552. The third kappa shape index (κ3) is 14.1. The van der Waals surface area contributed by atoms with Gasteiger partial charge in [0.05, 0.1) is 0 Å². The van der Waals surface area contributed by atoms with Crippen LogP contribution < -0.4 is 11.5 Å². The van der Waals surface area contributed by atoms with Crippen molar-refractivity contribution in [1.29, 1.82) is 0 Å². The number of rotatable bonds is 5. The van der Waals surface area contributed by atoms with Gasteiger partial charge in [-0.1, -0.05) is 6.42 Å². The van der Waals surface area contributed by atoms with Gasteiger partial charge < -0.3 is 16.6 Å². The number of nitrogens with two attached hydrogens (primary N) is 2. The summed E-state index contributed by atoms with van der Waals surface area (Å²) in [6, 6.07) is -0.716. The topological polar surface area (TPSA) is 89.3 Å². The van der Waals surface area contributed by atoms with Crippen molar-refractivity contribution in [3.8, 4) is 0 Å². The first kappa shape index (κ1) is 22.8. The maximum atomic E-state index is 10.1. The molecule has 0 aromatic heterocycles. The Balaban J connectivity index is -0.000000135. The number of hydrogen-bond donors (Lipinski definition) is 3. The van der Waals surface area contributed by atoms with Gasteiger partial charge in [0.2, 0.25) is 0 Å². The zero-order valence-corrected chi connectivity index (χ0v) is 7.14. The Morgan fingerprint density at radius 2 is 1.69 bits per heavy atom. The van der Waals surface area contributed by atoms with Gasteiger partial charge in [0, 0.05) is 0 Å². The second-order valence-electron chi connectivity index (χ2n) is 2.23. The van der Waals surface area contributed by atoms with Gasteiger partial charge in [0.15, 0.2) is 0 Å². The first-order chi connectivity index (χ1) is 4.68. The lowest BCUT2D eigenvalue weighted by molar-refractivity contribution is -0.138. The standard InChI is InChI=1S/C6H14N2O2.3FH/c7-4-2-1-3-5(8)6(9)10;;;/h5H,1-4,7-8H2,(H,9,10);3*1H/t5-;;;/m0.../s1. The predicted octanol–water partition coefficient (Wildman–Crippen LogP) is -0.0152. The van der Waals surface area contributed by atoms with Crippen LogP contribution in [0.1, 0.15) is 19.3 Å². The molecule has 0 saturated heterocycles. The molecule has 0 aliphatic heterocycles. The number of carboxylic acid groups (broad SMARTS) is 1. The normalized spacial score (nSPS) is 10.0. The summed E-state index contributed by atoms with van der Waals surface area (Å²) in [6.45, 7) is 0.604. The van der Waals surface area contributed by atoms with E-state index >= 15 is 0 Å². The molecule has 0 heterocycles. The van der Waals surface area contributed by atoms with Crippen LogP contribution in [0.15, 0.2) is 0 Å². The van der Waals surface area contributed by atoms with Crippen molar-refractivity contribution in [2.24, 2.45) is 11.5 Å².